The number of quaternary nitrogens is 1. The normalized spacial score (nSPS) is 14.0. The van der Waals surface area contributed by atoms with Crippen molar-refractivity contribution in [3.63, 3.8) is 0 Å². The minimum absolute atomic E-state index is 0.931. The first-order valence-corrected chi connectivity index (χ1v) is 9.34. The highest BCUT2D eigenvalue weighted by atomic mass is 16.5. The quantitative estimate of drug-likeness (QED) is 0.631. The number of carbonyl (C=O) groups is 2. The number of benzene rings is 2. The number of aromatic nitrogens is 1. The van der Waals surface area contributed by atoms with Gasteiger partial charge >= 0.3 is 5.97 Å². The first-order valence-electron chi connectivity index (χ1n) is 9.34. The maximum Gasteiger partial charge on any atom is 0.351 e. The summed E-state index contributed by atoms with van der Waals surface area (Å²) in [6, 6.07) is 15.1. The number of carboxylic acid groups (broad SMARTS) is 2. The first-order chi connectivity index (χ1) is 13.5. The fraction of sp³-hybridized carbons (Fsp3) is 0.333. The fourth-order valence-electron chi connectivity index (χ4n) is 3.80. The van der Waals surface area contributed by atoms with E-state index in [9.17, 15) is 0 Å². The second-order valence-corrected chi connectivity index (χ2v) is 6.85. The van der Waals surface area contributed by atoms with E-state index in [1.165, 1.54) is 54.3 Å². The number of fused-ring (bicyclic) bond motifs is 3. The van der Waals surface area contributed by atoms with E-state index in [4.69, 9.17) is 24.5 Å². The van der Waals surface area contributed by atoms with Crippen LogP contribution in [0.5, 0.6) is 5.75 Å². The van der Waals surface area contributed by atoms with Crippen LogP contribution >= 0.6 is 0 Å². The van der Waals surface area contributed by atoms with Crippen molar-refractivity contribution >= 4 is 33.7 Å². The zero-order valence-electron chi connectivity index (χ0n) is 15.8. The van der Waals surface area contributed by atoms with Crippen LogP contribution in [-0.4, -0.2) is 48.4 Å². The molecule has 1 aliphatic rings. The van der Waals surface area contributed by atoms with Crippen LogP contribution < -0.4 is 14.7 Å². The molecule has 1 saturated heterocycles. The molecule has 0 saturated carbocycles. The Morgan fingerprint density at radius 1 is 1.11 bits per heavy atom. The summed E-state index contributed by atoms with van der Waals surface area (Å²) in [5.41, 5.74) is 2.66. The number of methoxy groups -OCH3 is 1. The molecule has 0 radical (unpaired) electrons. The Morgan fingerprint density at radius 3 is 2.39 bits per heavy atom. The number of rotatable bonds is 4. The van der Waals surface area contributed by atoms with Crippen LogP contribution in [0.1, 0.15) is 12.8 Å². The summed E-state index contributed by atoms with van der Waals surface area (Å²) in [7, 11) is 1.73. The Kier molecular flexibility index (Phi) is 6.16. The van der Waals surface area contributed by atoms with Crippen molar-refractivity contribution in [3.8, 4) is 5.75 Å². The van der Waals surface area contributed by atoms with E-state index in [0.29, 0.717) is 0 Å². The molecule has 1 fully saturated rings. The van der Waals surface area contributed by atoms with Crippen LogP contribution in [0.25, 0.3) is 21.8 Å². The van der Waals surface area contributed by atoms with E-state index in [2.05, 4.69) is 47.0 Å². The molecule has 148 valence electrons. The van der Waals surface area contributed by atoms with Crippen LogP contribution in [0, 0.1) is 0 Å². The Bertz CT molecular complexity index is 977. The second kappa shape index (κ2) is 8.75. The lowest BCUT2D eigenvalue weighted by atomic mass is 10.1. The molecule has 1 aromatic heterocycles. The molecule has 0 aliphatic carbocycles. The zero-order valence-corrected chi connectivity index (χ0v) is 15.8. The summed E-state index contributed by atoms with van der Waals surface area (Å²) in [6.07, 6.45) is 2.78. The van der Waals surface area contributed by atoms with Gasteiger partial charge in [0.25, 0.3) is 0 Å². The van der Waals surface area contributed by atoms with Crippen LogP contribution in [0.2, 0.25) is 0 Å². The van der Waals surface area contributed by atoms with Gasteiger partial charge in [0, 0.05) is 34.6 Å². The monoisotopic (exact) mass is 384 g/mol. The predicted octanol–water partition coefficient (Wildman–Crippen LogP) is 0.303. The smallest absolute Gasteiger partial charge is 0.351 e. The molecule has 2 N–H and O–H groups in total. The number of likely N-dealkylation sites (tertiary alicyclic amines) is 1. The van der Waals surface area contributed by atoms with E-state index < -0.39 is 11.9 Å². The van der Waals surface area contributed by atoms with E-state index in [-0.39, 0.29) is 0 Å². The highest BCUT2D eigenvalue weighted by molar-refractivity contribution is 6.26. The number of carbonyl (C=O) groups excluding carboxylic acids is 1. The van der Waals surface area contributed by atoms with Crippen molar-refractivity contribution in [1.29, 1.82) is 0 Å². The van der Waals surface area contributed by atoms with Crippen LogP contribution in [-0.2, 0) is 16.1 Å². The molecule has 2 heterocycles. The van der Waals surface area contributed by atoms with Crippen molar-refractivity contribution in [1.82, 2.24) is 4.57 Å². The predicted molar refractivity (Wildman–Crippen MR) is 103 cm³/mol. The molecule has 0 spiro atoms. The number of aliphatic carboxylic acids is 2. The fourth-order valence-corrected chi connectivity index (χ4v) is 3.80. The van der Waals surface area contributed by atoms with E-state index in [1.54, 1.807) is 12.0 Å². The van der Waals surface area contributed by atoms with Crippen molar-refractivity contribution < 1.29 is 29.4 Å². The molecule has 0 amide bonds. The SMILES string of the molecule is COc1ccc2c(c1)c1ccccc1n2CC[NH+]1CCCC1.O=C([O-])C(=O)O. The third-order valence-electron chi connectivity index (χ3n) is 5.15. The maximum absolute atomic E-state index is 9.04. The minimum atomic E-state index is -2.07. The van der Waals surface area contributed by atoms with Crippen molar-refractivity contribution in [2.75, 3.05) is 26.7 Å². The summed E-state index contributed by atoms with van der Waals surface area (Å²) < 4.78 is 7.89. The number of para-hydroxylation sites is 1. The highest BCUT2D eigenvalue weighted by Gasteiger charge is 2.17. The molecule has 0 bridgehead atoms. The number of hydrogen-bond acceptors (Lipinski definition) is 4. The zero-order chi connectivity index (χ0) is 20.1. The third-order valence-corrected chi connectivity index (χ3v) is 5.15. The molecule has 4 rings (SSSR count). The molecule has 28 heavy (non-hydrogen) atoms. The van der Waals surface area contributed by atoms with Gasteiger partial charge in [-0.3, -0.25) is 0 Å². The van der Waals surface area contributed by atoms with Gasteiger partial charge in [-0.05, 0) is 24.3 Å². The number of ether oxygens (including phenoxy) is 1. The second-order valence-electron chi connectivity index (χ2n) is 6.85. The summed E-state index contributed by atoms with van der Waals surface area (Å²) in [5.74, 6) is -3.08. The molecular formula is C21H24N2O5. The standard InChI is InChI=1S/C19H22N2O.C2H2O4/c1-22-15-8-9-19-17(14-15)16-6-2-3-7-18(16)21(19)13-12-20-10-4-5-11-20;3-1(4)2(5)6/h2-3,6-9,14H,4-5,10-13H2,1H3;(H,3,4)(H,5,6). The van der Waals surface area contributed by atoms with Gasteiger partial charge < -0.3 is 29.2 Å². The van der Waals surface area contributed by atoms with Crippen molar-refractivity contribution in [2.24, 2.45) is 0 Å². The van der Waals surface area contributed by atoms with Crippen LogP contribution in [0.4, 0.5) is 0 Å². The largest absolute Gasteiger partial charge is 0.539 e. The number of nitrogens with zero attached hydrogens (tertiary/aromatic N) is 1. The van der Waals surface area contributed by atoms with Gasteiger partial charge in [0.15, 0.2) is 5.97 Å². The average Bonchev–Trinajstić information content (AvgIpc) is 3.32. The van der Waals surface area contributed by atoms with Gasteiger partial charge in [-0.1, -0.05) is 18.2 Å². The third kappa shape index (κ3) is 4.26. The molecule has 1 aliphatic heterocycles. The van der Waals surface area contributed by atoms with Gasteiger partial charge in [-0.15, -0.1) is 0 Å². The molecule has 7 nitrogen and oxygen atoms in total. The Labute approximate surface area is 162 Å². The van der Waals surface area contributed by atoms with Gasteiger partial charge in [0.2, 0.25) is 0 Å². The first kappa shape index (κ1) is 19.7. The Hall–Kier alpha value is -3.06. The number of nitrogens with one attached hydrogen (secondary N) is 1. The van der Waals surface area contributed by atoms with Gasteiger partial charge in [0.1, 0.15) is 5.75 Å². The molecular weight excluding hydrogens is 360 g/mol. The summed E-state index contributed by atoms with van der Waals surface area (Å²) in [6.45, 7) is 4.99. The van der Waals surface area contributed by atoms with E-state index >= 15 is 0 Å². The van der Waals surface area contributed by atoms with Crippen molar-refractivity contribution in [3.05, 3.63) is 42.5 Å². The van der Waals surface area contributed by atoms with Gasteiger partial charge in [-0.25, -0.2) is 4.79 Å². The molecule has 3 aromatic rings. The topological polar surface area (TPSA) is 96.0 Å². The number of carboxylic acids is 2. The molecule has 7 heteroatoms. The lowest BCUT2D eigenvalue weighted by Crippen LogP contribution is -3.10. The Morgan fingerprint density at radius 2 is 1.75 bits per heavy atom. The summed E-state index contributed by atoms with van der Waals surface area (Å²) >= 11 is 0. The maximum atomic E-state index is 9.04. The van der Waals surface area contributed by atoms with E-state index in [1.807, 2.05) is 0 Å². The summed E-state index contributed by atoms with van der Waals surface area (Å²) in [5, 5.41) is 18.9. The van der Waals surface area contributed by atoms with E-state index in [0.717, 1.165) is 12.3 Å². The Balaban J connectivity index is 0.000000330. The molecule has 0 unspecified atom stereocenters. The summed E-state index contributed by atoms with van der Waals surface area (Å²) in [4.78, 5) is 19.8. The number of hydrogen-bond donors (Lipinski definition) is 2. The average molecular weight is 384 g/mol. The lowest BCUT2D eigenvalue weighted by molar-refractivity contribution is -0.887. The van der Waals surface area contributed by atoms with Gasteiger partial charge in [0.05, 0.1) is 33.3 Å². The van der Waals surface area contributed by atoms with Crippen molar-refractivity contribution in [2.45, 2.75) is 19.4 Å². The van der Waals surface area contributed by atoms with Crippen LogP contribution in [0.3, 0.4) is 0 Å². The molecule has 0 atom stereocenters. The minimum Gasteiger partial charge on any atom is -0.539 e. The molecule has 2 aromatic carbocycles. The van der Waals surface area contributed by atoms with Gasteiger partial charge in [-0.2, -0.15) is 0 Å². The highest BCUT2D eigenvalue weighted by Crippen LogP contribution is 2.31. The van der Waals surface area contributed by atoms with Crippen LogP contribution in [0.15, 0.2) is 42.5 Å². The lowest BCUT2D eigenvalue weighted by Gasteiger charge is -2.14.